The predicted octanol–water partition coefficient (Wildman–Crippen LogP) is 2.42. The molecule has 0 atom stereocenters. The Bertz CT molecular complexity index is 429. The molecule has 16 heavy (non-hydrogen) atoms. The van der Waals surface area contributed by atoms with Gasteiger partial charge in [-0.05, 0) is 31.1 Å². The SMILES string of the molecule is O=C(O)c1noc2c1CC1(CCCC1)CC2. The lowest BCUT2D eigenvalue weighted by molar-refractivity contribution is 0.0684. The van der Waals surface area contributed by atoms with Gasteiger partial charge in [-0.15, -0.1) is 0 Å². The molecule has 0 radical (unpaired) electrons. The minimum atomic E-state index is -0.958. The number of carboxylic acids is 1. The standard InChI is InChI=1S/C12H15NO3/c14-11(15)10-8-7-12(4-1-2-5-12)6-3-9(8)16-13-10/h1-7H2,(H,14,15). The number of hydrogen-bond acceptors (Lipinski definition) is 3. The molecule has 0 aromatic carbocycles. The number of aromatic carboxylic acids is 1. The molecule has 3 rings (SSSR count). The third kappa shape index (κ3) is 1.36. The van der Waals surface area contributed by atoms with Crippen molar-refractivity contribution in [2.24, 2.45) is 5.41 Å². The zero-order chi connectivity index (χ0) is 11.2. The molecule has 1 fully saturated rings. The summed E-state index contributed by atoms with van der Waals surface area (Å²) in [5.74, 6) is -0.157. The van der Waals surface area contributed by atoms with Crippen LogP contribution in [0.5, 0.6) is 0 Å². The van der Waals surface area contributed by atoms with Crippen LogP contribution in [0.2, 0.25) is 0 Å². The Morgan fingerprint density at radius 3 is 2.75 bits per heavy atom. The van der Waals surface area contributed by atoms with E-state index in [4.69, 9.17) is 9.63 Å². The molecule has 0 bridgehead atoms. The molecule has 2 aliphatic carbocycles. The maximum atomic E-state index is 11.0. The Morgan fingerprint density at radius 1 is 1.31 bits per heavy atom. The number of rotatable bonds is 1. The second-order valence-electron chi connectivity index (χ2n) is 5.12. The van der Waals surface area contributed by atoms with Crippen LogP contribution in [0, 0.1) is 5.41 Å². The molecule has 0 amide bonds. The first kappa shape index (κ1) is 9.87. The van der Waals surface area contributed by atoms with Crippen LogP contribution in [0.1, 0.15) is 53.9 Å². The normalized spacial score (nSPS) is 22.2. The Morgan fingerprint density at radius 2 is 2.06 bits per heavy atom. The third-order valence-corrected chi connectivity index (χ3v) is 4.17. The lowest BCUT2D eigenvalue weighted by Gasteiger charge is -2.32. The van der Waals surface area contributed by atoms with Crippen molar-refractivity contribution in [1.82, 2.24) is 5.16 Å². The molecule has 0 saturated heterocycles. The van der Waals surface area contributed by atoms with Gasteiger partial charge in [0.25, 0.3) is 0 Å². The van der Waals surface area contributed by atoms with Crippen molar-refractivity contribution in [2.45, 2.75) is 44.9 Å². The molecular formula is C12H15NO3. The van der Waals surface area contributed by atoms with E-state index in [1.165, 1.54) is 25.7 Å². The van der Waals surface area contributed by atoms with E-state index in [0.717, 1.165) is 30.6 Å². The van der Waals surface area contributed by atoms with Gasteiger partial charge in [0.15, 0.2) is 5.69 Å². The van der Waals surface area contributed by atoms with E-state index in [1.54, 1.807) is 0 Å². The van der Waals surface area contributed by atoms with Crippen LogP contribution in [0.4, 0.5) is 0 Å². The van der Waals surface area contributed by atoms with Gasteiger partial charge in [-0.25, -0.2) is 4.79 Å². The second kappa shape index (κ2) is 3.34. The summed E-state index contributed by atoms with van der Waals surface area (Å²) in [7, 11) is 0. The van der Waals surface area contributed by atoms with E-state index >= 15 is 0 Å². The van der Waals surface area contributed by atoms with E-state index in [0.29, 0.717) is 5.41 Å². The predicted molar refractivity (Wildman–Crippen MR) is 56.4 cm³/mol. The zero-order valence-corrected chi connectivity index (χ0v) is 9.16. The van der Waals surface area contributed by atoms with E-state index in [2.05, 4.69) is 5.16 Å². The first-order chi connectivity index (χ1) is 7.70. The lowest BCUT2D eigenvalue weighted by atomic mass is 9.72. The summed E-state index contributed by atoms with van der Waals surface area (Å²) in [5, 5.41) is 12.7. The van der Waals surface area contributed by atoms with Crippen molar-refractivity contribution < 1.29 is 14.4 Å². The summed E-state index contributed by atoms with van der Waals surface area (Å²) < 4.78 is 5.12. The molecule has 1 aromatic heterocycles. The number of hydrogen-bond donors (Lipinski definition) is 1. The first-order valence-corrected chi connectivity index (χ1v) is 5.91. The number of carbonyl (C=O) groups is 1. The van der Waals surface area contributed by atoms with Gasteiger partial charge < -0.3 is 9.63 Å². The van der Waals surface area contributed by atoms with Crippen molar-refractivity contribution in [2.75, 3.05) is 0 Å². The Hall–Kier alpha value is -1.32. The van der Waals surface area contributed by atoms with Gasteiger partial charge in [0, 0.05) is 12.0 Å². The minimum Gasteiger partial charge on any atom is -0.476 e. The molecule has 1 N–H and O–H groups in total. The number of nitrogens with zero attached hydrogens (tertiary/aromatic N) is 1. The number of aryl methyl sites for hydroxylation is 1. The van der Waals surface area contributed by atoms with Crippen LogP contribution in [0.15, 0.2) is 4.52 Å². The van der Waals surface area contributed by atoms with Crippen molar-refractivity contribution >= 4 is 5.97 Å². The van der Waals surface area contributed by atoms with Crippen LogP contribution in [0.3, 0.4) is 0 Å². The molecule has 1 aromatic rings. The fraction of sp³-hybridized carbons (Fsp3) is 0.667. The van der Waals surface area contributed by atoms with E-state index in [-0.39, 0.29) is 5.69 Å². The fourth-order valence-electron chi connectivity index (χ4n) is 3.28. The lowest BCUT2D eigenvalue weighted by Crippen LogP contribution is -2.26. The van der Waals surface area contributed by atoms with Crippen molar-refractivity contribution in [3.8, 4) is 0 Å². The molecule has 1 saturated carbocycles. The van der Waals surface area contributed by atoms with Crippen LogP contribution in [-0.2, 0) is 12.8 Å². The number of carboxylic acid groups (broad SMARTS) is 1. The van der Waals surface area contributed by atoms with E-state index in [9.17, 15) is 4.79 Å². The van der Waals surface area contributed by atoms with E-state index < -0.39 is 5.97 Å². The van der Waals surface area contributed by atoms with Gasteiger partial charge in [-0.2, -0.15) is 0 Å². The maximum Gasteiger partial charge on any atom is 0.358 e. The Kier molecular flexibility index (Phi) is 2.06. The van der Waals surface area contributed by atoms with Crippen LogP contribution in [0.25, 0.3) is 0 Å². The van der Waals surface area contributed by atoms with Gasteiger partial charge in [0.1, 0.15) is 5.76 Å². The molecule has 4 nitrogen and oxygen atoms in total. The smallest absolute Gasteiger partial charge is 0.358 e. The van der Waals surface area contributed by atoms with Gasteiger partial charge in [-0.3, -0.25) is 0 Å². The highest BCUT2D eigenvalue weighted by Crippen LogP contribution is 2.48. The first-order valence-electron chi connectivity index (χ1n) is 5.91. The van der Waals surface area contributed by atoms with Gasteiger partial charge >= 0.3 is 5.97 Å². The topological polar surface area (TPSA) is 63.3 Å². The molecular weight excluding hydrogens is 206 g/mol. The van der Waals surface area contributed by atoms with Crippen LogP contribution < -0.4 is 0 Å². The number of aromatic nitrogens is 1. The summed E-state index contributed by atoms with van der Waals surface area (Å²) in [6.45, 7) is 0. The van der Waals surface area contributed by atoms with Crippen LogP contribution in [-0.4, -0.2) is 16.2 Å². The minimum absolute atomic E-state index is 0.140. The molecule has 0 aliphatic heterocycles. The van der Waals surface area contributed by atoms with Gasteiger partial charge in [0.2, 0.25) is 0 Å². The van der Waals surface area contributed by atoms with Gasteiger partial charge in [0.05, 0.1) is 0 Å². The number of fused-ring (bicyclic) bond motifs is 1. The summed E-state index contributed by atoms with van der Waals surface area (Å²) in [5.41, 5.74) is 1.35. The summed E-state index contributed by atoms with van der Waals surface area (Å²) in [6, 6.07) is 0. The summed E-state index contributed by atoms with van der Waals surface area (Å²) in [4.78, 5) is 11.0. The Balaban J connectivity index is 1.97. The fourth-order valence-corrected chi connectivity index (χ4v) is 3.28. The van der Waals surface area contributed by atoms with Crippen molar-refractivity contribution in [3.63, 3.8) is 0 Å². The monoisotopic (exact) mass is 221 g/mol. The highest BCUT2D eigenvalue weighted by atomic mass is 16.5. The highest BCUT2D eigenvalue weighted by Gasteiger charge is 2.40. The quantitative estimate of drug-likeness (QED) is 0.791. The molecule has 0 unspecified atom stereocenters. The highest BCUT2D eigenvalue weighted by molar-refractivity contribution is 5.87. The Labute approximate surface area is 93.6 Å². The van der Waals surface area contributed by atoms with E-state index in [1.807, 2.05) is 0 Å². The summed E-state index contributed by atoms with van der Waals surface area (Å²) >= 11 is 0. The van der Waals surface area contributed by atoms with Crippen molar-refractivity contribution in [1.29, 1.82) is 0 Å². The average molecular weight is 221 g/mol. The maximum absolute atomic E-state index is 11.0. The molecule has 86 valence electrons. The molecule has 2 aliphatic rings. The zero-order valence-electron chi connectivity index (χ0n) is 9.16. The van der Waals surface area contributed by atoms with Crippen LogP contribution >= 0.6 is 0 Å². The molecule has 4 heteroatoms. The van der Waals surface area contributed by atoms with Gasteiger partial charge in [-0.1, -0.05) is 18.0 Å². The molecule has 1 heterocycles. The third-order valence-electron chi connectivity index (χ3n) is 4.17. The van der Waals surface area contributed by atoms with Crippen molar-refractivity contribution in [3.05, 3.63) is 17.0 Å². The average Bonchev–Trinajstić information content (AvgIpc) is 2.85. The largest absolute Gasteiger partial charge is 0.476 e. The molecule has 1 spiro atoms. The second-order valence-corrected chi connectivity index (χ2v) is 5.12. The summed E-state index contributed by atoms with van der Waals surface area (Å²) in [6.07, 6.45) is 7.87.